The van der Waals surface area contributed by atoms with Crippen LogP contribution in [0.3, 0.4) is 0 Å². The average molecular weight is 295 g/mol. The number of hydrogen-bond donors (Lipinski definition) is 2. The molecule has 0 atom stereocenters. The van der Waals surface area contributed by atoms with Gasteiger partial charge in [-0.15, -0.1) is 0 Å². The Kier molecular flexibility index (Phi) is 4.73. The Balaban J connectivity index is 2.09. The maximum absolute atomic E-state index is 12.0. The third-order valence-corrected chi connectivity index (χ3v) is 2.85. The molecular weight excluding hydrogens is 282 g/mol. The van der Waals surface area contributed by atoms with E-state index >= 15 is 0 Å². The molecule has 0 aliphatic heterocycles. The van der Waals surface area contributed by atoms with Crippen molar-refractivity contribution in [3.05, 3.63) is 59.7 Å². The Labute approximate surface area is 127 Å². The summed E-state index contributed by atoms with van der Waals surface area (Å²) < 4.78 is 4.66. The van der Waals surface area contributed by atoms with Crippen molar-refractivity contribution in [2.75, 3.05) is 17.7 Å². The van der Waals surface area contributed by atoms with Crippen LogP contribution in [0.2, 0.25) is 0 Å². The molecule has 2 aromatic carbocycles. The van der Waals surface area contributed by atoms with Gasteiger partial charge >= 0.3 is 12.0 Å². The fourth-order valence-electron chi connectivity index (χ4n) is 1.79. The number of nitriles is 1. The van der Waals surface area contributed by atoms with E-state index in [2.05, 4.69) is 15.4 Å². The van der Waals surface area contributed by atoms with Gasteiger partial charge in [0, 0.05) is 5.69 Å². The number of anilines is 2. The van der Waals surface area contributed by atoms with Gasteiger partial charge in [0.25, 0.3) is 0 Å². The zero-order valence-electron chi connectivity index (χ0n) is 11.8. The van der Waals surface area contributed by atoms with E-state index in [1.54, 1.807) is 48.5 Å². The summed E-state index contributed by atoms with van der Waals surface area (Å²) in [5, 5.41) is 13.9. The monoisotopic (exact) mass is 295 g/mol. The number of nitrogens with one attached hydrogen (secondary N) is 2. The number of para-hydroxylation sites is 1. The van der Waals surface area contributed by atoms with Crippen LogP contribution in [0.25, 0.3) is 0 Å². The van der Waals surface area contributed by atoms with Crippen molar-refractivity contribution in [3.63, 3.8) is 0 Å². The molecule has 0 aliphatic rings. The highest BCUT2D eigenvalue weighted by Gasteiger charge is 2.13. The molecule has 2 aromatic rings. The smallest absolute Gasteiger partial charge is 0.339 e. The highest BCUT2D eigenvalue weighted by Crippen LogP contribution is 2.17. The molecule has 22 heavy (non-hydrogen) atoms. The van der Waals surface area contributed by atoms with Crippen LogP contribution in [-0.4, -0.2) is 19.1 Å². The number of nitrogens with zero attached hydrogens (tertiary/aromatic N) is 1. The predicted octanol–water partition coefficient (Wildman–Crippen LogP) is 2.99. The minimum atomic E-state index is -0.533. The Hall–Kier alpha value is -3.33. The van der Waals surface area contributed by atoms with Crippen LogP contribution in [-0.2, 0) is 4.74 Å². The van der Waals surface area contributed by atoms with E-state index in [0.717, 1.165) is 0 Å². The summed E-state index contributed by atoms with van der Waals surface area (Å²) in [7, 11) is 1.27. The Morgan fingerprint density at radius 1 is 1.05 bits per heavy atom. The van der Waals surface area contributed by atoms with Crippen LogP contribution < -0.4 is 10.6 Å². The van der Waals surface area contributed by atoms with Gasteiger partial charge in [-0.25, -0.2) is 9.59 Å². The largest absolute Gasteiger partial charge is 0.465 e. The number of benzene rings is 2. The molecule has 6 nitrogen and oxygen atoms in total. The fourth-order valence-corrected chi connectivity index (χ4v) is 1.79. The molecule has 2 N–H and O–H groups in total. The average Bonchev–Trinajstić information content (AvgIpc) is 2.55. The summed E-state index contributed by atoms with van der Waals surface area (Å²) in [6, 6.07) is 14.5. The molecule has 2 rings (SSSR count). The molecule has 0 spiro atoms. The molecule has 0 unspecified atom stereocenters. The van der Waals surface area contributed by atoms with Crippen molar-refractivity contribution >= 4 is 23.4 Å². The van der Waals surface area contributed by atoms with E-state index in [1.165, 1.54) is 7.11 Å². The lowest BCUT2D eigenvalue weighted by Gasteiger charge is -2.10. The number of methoxy groups -OCH3 is 1. The van der Waals surface area contributed by atoms with E-state index in [0.29, 0.717) is 16.9 Å². The van der Waals surface area contributed by atoms with Gasteiger partial charge in [-0.05, 0) is 36.4 Å². The fraction of sp³-hybridized carbons (Fsp3) is 0.0625. The van der Waals surface area contributed by atoms with Crippen molar-refractivity contribution in [3.8, 4) is 6.07 Å². The first-order valence-electron chi connectivity index (χ1n) is 6.39. The van der Waals surface area contributed by atoms with Crippen LogP contribution in [0.15, 0.2) is 48.5 Å². The first-order chi connectivity index (χ1) is 10.6. The van der Waals surface area contributed by atoms with Crippen LogP contribution in [0.5, 0.6) is 0 Å². The molecule has 2 amide bonds. The molecule has 0 aromatic heterocycles. The molecule has 0 radical (unpaired) electrons. The zero-order chi connectivity index (χ0) is 15.9. The third kappa shape index (κ3) is 3.61. The maximum atomic E-state index is 12.0. The van der Waals surface area contributed by atoms with E-state index in [1.807, 2.05) is 6.07 Å². The summed E-state index contributed by atoms with van der Waals surface area (Å²) in [5.74, 6) is -0.533. The molecule has 0 saturated heterocycles. The first-order valence-corrected chi connectivity index (χ1v) is 6.39. The van der Waals surface area contributed by atoms with Crippen molar-refractivity contribution in [1.82, 2.24) is 0 Å². The van der Waals surface area contributed by atoms with Gasteiger partial charge < -0.3 is 15.4 Å². The summed E-state index contributed by atoms with van der Waals surface area (Å²) in [6.45, 7) is 0. The zero-order valence-corrected chi connectivity index (χ0v) is 11.8. The van der Waals surface area contributed by atoms with Crippen LogP contribution in [0.1, 0.15) is 15.9 Å². The van der Waals surface area contributed by atoms with Gasteiger partial charge in [-0.3, -0.25) is 0 Å². The second-order valence-corrected chi connectivity index (χ2v) is 4.31. The molecular formula is C16H13N3O3. The normalized spacial score (nSPS) is 9.45. The lowest BCUT2D eigenvalue weighted by atomic mass is 10.2. The van der Waals surface area contributed by atoms with Crippen molar-refractivity contribution in [2.45, 2.75) is 0 Å². The Bertz CT molecular complexity index is 733. The minimum Gasteiger partial charge on any atom is -0.465 e. The van der Waals surface area contributed by atoms with E-state index in [9.17, 15) is 9.59 Å². The van der Waals surface area contributed by atoms with Crippen molar-refractivity contribution in [1.29, 1.82) is 5.26 Å². The number of urea groups is 1. The van der Waals surface area contributed by atoms with Gasteiger partial charge in [0.2, 0.25) is 0 Å². The SMILES string of the molecule is COC(=O)c1ccccc1NC(=O)Nc1ccc(C#N)cc1. The molecule has 0 fully saturated rings. The highest BCUT2D eigenvalue weighted by molar-refractivity contribution is 6.05. The van der Waals surface area contributed by atoms with Crippen molar-refractivity contribution < 1.29 is 14.3 Å². The quantitative estimate of drug-likeness (QED) is 0.851. The lowest BCUT2D eigenvalue weighted by Crippen LogP contribution is -2.21. The summed E-state index contributed by atoms with van der Waals surface area (Å²) in [4.78, 5) is 23.6. The number of rotatable bonds is 3. The Morgan fingerprint density at radius 2 is 1.73 bits per heavy atom. The van der Waals surface area contributed by atoms with Crippen LogP contribution in [0, 0.1) is 11.3 Å². The first kappa shape index (κ1) is 15.1. The minimum absolute atomic E-state index is 0.264. The maximum Gasteiger partial charge on any atom is 0.339 e. The molecule has 110 valence electrons. The second kappa shape index (κ2) is 6.90. The van der Waals surface area contributed by atoms with E-state index in [4.69, 9.17) is 5.26 Å². The van der Waals surface area contributed by atoms with Gasteiger partial charge in [0.05, 0.1) is 30.0 Å². The predicted molar refractivity (Wildman–Crippen MR) is 81.6 cm³/mol. The highest BCUT2D eigenvalue weighted by atomic mass is 16.5. The number of carbonyl (C=O) groups is 2. The van der Waals surface area contributed by atoms with Crippen molar-refractivity contribution in [2.24, 2.45) is 0 Å². The number of hydrogen-bond acceptors (Lipinski definition) is 4. The number of amides is 2. The molecule has 0 aliphatic carbocycles. The standard InChI is InChI=1S/C16H13N3O3/c1-22-15(20)13-4-2-3-5-14(13)19-16(21)18-12-8-6-11(10-17)7-9-12/h2-9H,1H3,(H2,18,19,21). The third-order valence-electron chi connectivity index (χ3n) is 2.85. The molecule has 0 heterocycles. The molecule has 0 bridgehead atoms. The van der Waals surface area contributed by atoms with Gasteiger partial charge in [-0.1, -0.05) is 12.1 Å². The number of carbonyl (C=O) groups excluding carboxylic acids is 2. The summed E-state index contributed by atoms with van der Waals surface area (Å²) >= 11 is 0. The molecule has 6 heteroatoms. The van der Waals surface area contributed by atoms with Crippen LogP contribution >= 0.6 is 0 Å². The van der Waals surface area contributed by atoms with E-state index < -0.39 is 12.0 Å². The Morgan fingerprint density at radius 3 is 2.36 bits per heavy atom. The number of ether oxygens (including phenoxy) is 1. The second-order valence-electron chi connectivity index (χ2n) is 4.31. The molecule has 0 saturated carbocycles. The number of esters is 1. The van der Waals surface area contributed by atoms with E-state index in [-0.39, 0.29) is 5.56 Å². The lowest BCUT2D eigenvalue weighted by molar-refractivity contribution is 0.0602. The van der Waals surface area contributed by atoms with Gasteiger partial charge in [-0.2, -0.15) is 5.26 Å². The summed E-state index contributed by atoms with van der Waals surface area (Å²) in [5.41, 5.74) is 1.65. The van der Waals surface area contributed by atoms with Gasteiger partial charge in [0.15, 0.2) is 0 Å². The topological polar surface area (TPSA) is 91.2 Å². The summed E-state index contributed by atoms with van der Waals surface area (Å²) in [6.07, 6.45) is 0. The van der Waals surface area contributed by atoms with Crippen LogP contribution in [0.4, 0.5) is 16.2 Å². The van der Waals surface area contributed by atoms with Gasteiger partial charge in [0.1, 0.15) is 0 Å².